The van der Waals surface area contributed by atoms with Crippen molar-refractivity contribution in [1.82, 2.24) is 19.2 Å². The molecule has 0 aliphatic heterocycles. The van der Waals surface area contributed by atoms with Crippen LogP contribution in [-0.2, 0) is 16.1 Å². The first-order valence-corrected chi connectivity index (χ1v) is 9.95. The normalized spacial score (nSPS) is 17.4. The first-order valence-electron chi connectivity index (χ1n) is 9.95. The van der Waals surface area contributed by atoms with Crippen molar-refractivity contribution in [3.63, 3.8) is 0 Å². The summed E-state index contributed by atoms with van der Waals surface area (Å²) in [6.07, 6.45) is 6.27. The maximum Gasteiger partial charge on any atom is 0.326 e. The quantitative estimate of drug-likeness (QED) is 0.650. The van der Waals surface area contributed by atoms with Gasteiger partial charge in [-0.1, -0.05) is 0 Å². The van der Waals surface area contributed by atoms with Gasteiger partial charge in [-0.3, -0.25) is 14.2 Å². The van der Waals surface area contributed by atoms with Gasteiger partial charge in [0.05, 0.1) is 11.6 Å². The van der Waals surface area contributed by atoms with Gasteiger partial charge in [-0.2, -0.15) is 9.61 Å². The Morgan fingerprint density at radius 1 is 1.18 bits per heavy atom. The Labute approximate surface area is 162 Å². The topological polar surface area (TPSA) is 78.5 Å². The fourth-order valence-electron chi connectivity index (χ4n) is 3.75. The number of fused-ring (bicyclic) bond motifs is 3. The van der Waals surface area contributed by atoms with Crippen LogP contribution >= 0.6 is 0 Å². The lowest BCUT2D eigenvalue weighted by molar-refractivity contribution is -0.155. The van der Waals surface area contributed by atoms with Gasteiger partial charge < -0.3 is 4.74 Å². The minimum atomic E-state index is -0.603. The Kier molecular flexibility index (Phi) is 3.66. The molecule has 0 bridgehead atoms. The van der Waals surface area contributed by atoms with E-state index in [4.69, 9.17) is 9.72 Å². The predicted molar refractivity (Wildman–Crippen MR) is 105 cm³/mol. The van der Waals surface area contributed by atoms with Crippen LogP contribution in [0, 0.1) is 0 Å². The molecular weight excluding hydrogens is 356 g/mol. The molecule has 2 aliphatic rings. The number of ether oxygens (including phenoxy) is 1. The van der Waals surface area contributed by atoms with E-state index in [9.17, 15) is 9.59 Å². The number of hydrogen-bond donors (Lipinski definition) is 0. The maximum absolute atomic E-state index is 13.3. The van der Waals surface area contributed by atoms with Crippen LogP contribution in [0.2, 0.25) is 0 Å². The molecule has 7 nitrogen and oxygen atoms in total. The lowest BCUT2D eigenvalue weighted by Crippen LogP contribution is -2.32. The summed E-state index contributed by atoms with van der Waals surface area (Å²) in [5, 5.41) is 5.03. The van der Waals surface area contributed by atoms with Crippen LogP contribution < -0.4 is 5.56 Å². The molecule has 0 amide bonds. The van der Waals surface area contributed by atoms with Gasteiger partial charge in [0, 0.05) is 17.2 Å². The van der Waals surface area contributed by atoms with Crippen molar-refractivity contribution in [3.05, 3.63) is 39.9 Å². The van der Waals surface area contributed by atoms with E-state index in [-0.39, 0.29) is 12.1 Å². The number of nitrogens with zero attached hydrogens (tertiary/aromatic N) is 4. The highest BCUT2D eigenvalue weighted by Gasteiger charge is 2.31. The van der Waals surface area contributed by atoms with E-state index in [1.54, 1.807) is 4.52 Å². The first-order chi connectivity index (χ1) is 13.3. The Bertz CT molecular complexity index is 1160. The Balaban J connectivity index is 1.71. The van der Waals surface area contributed by atoms with Gasteiger partial charge in [-0.05, 0) is 64.5 Å². The SMILES string of the molecule is CC(C)(C)OC(=O)Cn1c(=O)c2ccc(C3CC3)nc2n2ncc(C3CC3)c12. The predicted octanol–water partition coefficient (Wildman–Crippen LogP) is 3.14. The molecule has 0 N–H and O–H groups in total. The summed E-state index contributed by atoms with van der Waals surface area (Å²) in [7, 11) is 0. The summed E-state index contributed by atoms with van der Waals surface area (Å²) < 4.78 is 8.71. The standard InChI is InChI=1S/C21H24N4O3/c1-21(2,3)28-17(26)11-24-19-15(12-4-5-12)10-22-25(19)18-14(20(24)27)8-9-16(23-18)13-6-7-13/h8-10,12-13H,4-7,11H2,1-3H3. The summed E-state index contributed by atoms with van der Waals surface area (Å²) in [4.78, 5) is 30.6. The number of carbonyl (C=O) groups excluding carboxylic acids is 1. The molecule has 3 heterocycles. The zero-order valence-electron chi connectivity index (χ0n) is 16.4. The molecule has 0 aromatic carbocycles. The van der Waals surface area contributed by atoms with E-state index in [1.807, 2.05) is 39.1 Å². The van der Waals surface area contributed by atoms with Gasteiger partial charge in [-0.15, -0.1) is 0 Å². The van der Waals surface area contributed by atoms with Crippen LogP contribution in [0.5, 0.6) is 0 Å². The van der Waals surface area contributed by atoms with Crippen molar-refractivity contribution >= 4 is 22.6 Å². The van der Waals surface area contributed by atoms with Gasteiger partial charge >= 0.3 is 5.97 Å². The summed E-state index contributed by atoms with van der Waals surface area (Å²) in [6, 6.07) is 3.75. The molecule has 0 unspecified atom stereocenters. The van der Waals surface area contributed by atoms with Crippen molar-refractivity contribution in [2.24, 2.45) is 0 Å². The van der Waals surface area contributed by atoms with Gasteiger partial charge in [0.2, 0.25) is 0 Å². The molecule has 2 fully saturated rings. The van der Waals surface area contributed by atoms with E-state index in [0.717, 1.165) is 36.9 Å². The summed E-state index contributed by atoms with van der Waals surface area (Å²) in [6.45, 7) is 5.33. The van der Waals surface area contributed by atoms with E-state index < -0.39 is 11.6 Å². The van der Waals surface area contributed by atoms with Crippen molar-refractivity contribution in [2.75, 3.05) is 0 Å². The van der Waals surface area contributed by atoms with Gasteiger partial charge in [-0.25, -0.2) is 4.98 Å². The maximum atomic E-state index is 13.3. The third-order valence-electron chi connectivity index (χ3n) is 5.32. The van der Waals surface area contributed by atoms with Crippen LogP contribution in [0.1, 0.15) is 69.5 Å². The third kappa shape index (κ3) is 2.99. The van der Waals surface area contributed by atoms with Crippen molar-refractivity contribution in [1.29, 1.82) is 0 Å². The van der Waals surface area contributed by atoms with Crippen LogP contribution in [0.4, 0.5) is 0 Å². The van der Waals surface area contributed by atoms with E-state index in [0.29, 0.717) is 28.5 Å². The van der Waals surface area contributed by atoms with Crippen LogP contribution in [0.3, 0.4) is 0 Å². The van der Waals surface area contributed by atoms with Gasteiger partial charge in [0.15, 0.2) is 5.65 Å². The Hall–Kier alpha value is -2.70. The summed E-state index contributed by atoms with van der Waals surface area (Å²) >= 11 is 0. The minimum absolute atomic E-state index is 0.134. The molecule has 2 saturated carbocycles. The molecule has 0 atom stereocenters. The van der Waals surface area contributed by atoms with Gasteiger partial charge in [0.25, 0.3) is 5.56 Å². The number of aromatic nitrogens is 4. The molecule has 0 radical (unpaired) electrons. The number of esters is 1. The average Bonchev–Trinajstić information content (AvgIpc) is 3.54. The average molecular weight is 380 g/mol. The molecule has 3 aromatic rings. The van der Waals surface area contributed by atoms with Crippen LogP contribution in [0.15, 0.2) is 23.1 Å². The van der Waals surface area contributed by atoms with Crippen molar-refractivity contribution < 1.29 is 9.53 Å². The number of carbonyl (C=O) groups is 1. The molecule has 2 aliphatic carbocycles. The fourth-order valence-corrected chi connectivity index (χ4v) is 3.75. The van der Waals surface area contributed by atoms with Crippen LogP contribution in [0.25, 0.3) is 16.7 Å². The first kappa shape index (κ1) is 17.4. The molecule has 5 rings (SSSR count). The zero-order valence-corrected chi connectivity index (χ0v) is 16.4. The Morgan fingerprint density at radius 2 is 1.89 bits per heavy atom. The minimum Gasteiger partial charge on any atom is -0.459 e. The Morgan fingerprint density at radius 3 is 2.54 bits per heavy atom. The van der Waals surface area contributed by atoms with E-state index >= 15 is 0 Å². The summed E-state index contributed by atoms with van der Waals surface area (Å²) in [5.41, 5.74) is 2.46. The highest BCUT2D eigenvalue weighted by atomic mass is 16.6. The fraction of sp³-hybridized carbons (Fsp3) is 0.524. The second kappa shape index (κ2) is 5.90. The van der Waals surface area contributed by atoms with Crippen molar-refractivity contribution in [2.45, 2.75) is 70.4 Å². The van der Waals surface area contributed by atoms with E-state index in [1.165, 1.54) is 4.57 Å². The summed E-state index contributed by atoms with van der Waals surface area (Å²) in [5.74, 6) is 0.453. The third-order valence-corrected chi connectivity index (χ3v) is 5.32. The smallest absolute Gasteiger partial charge is 0.326 e. The number of hydrogen-bond acceptors (Lipinski definition) is 5. The van der Waals surface area contributed by atoms with Crippen LogP contribution in [-0.4, -0.2) is 30.7 Å². The van der Waals surface area contributed by atoms with Gasteiger partial charge in [0.1, 0.15) is 17.8 Å². The molecule has 7 heteroatoms. The lowest BCUT2D eigenvalue weighted by atomic mass is 10.2. The number of pyridine rings is 1. The highest BCUT2D eigenvalue weighted by Crippen LogP contribution is 2.42. The van der Waals surface area contributed by atoms with E-state index in [2.05, 4.69) is 5.10 Å². The highest BCUT2D eigenvalue weighted by molar-refractivity contribution is 5.79. The second-order valence-electron chi connectivity index (χ2n) is 8.97. The number of rotatable bonds is 4. The molecule has 0 spiro atoms. The molecule has 0 saturated heterocycles. The second-order valence-corrected chi connectivity index (χ2v) is 8.97. The monoisotopic (exact) mass is 380 g/mol. The molecule has 28 heavy (non-hydrogen) atoms. The largest absolute Gasteiger partial charge is 0.459 e. The molecule has 3 aromatic heterocycles. The molecule has 146 valence electrons. The zero-order chi connectivity index (χ0) is 19.6. The lowest BCUT2D eigenvalue weighted by Gasteiger charge is -2.20. The molecular formula is C21H24N4O3. The van der Waals surface area contributed by atoms with Crippen molar-refractivity contribution in [3.8, 4) is 0 Å².